The maximum absolute atomic E-state index is 13.9. The fraction of sp³-hybridized carbons (Fsp3) is 0.394. The van der Waals surface area contributed by atoms with Gasteiger partial charge in [-0.05, 0) is 73.3 Å². The van der Waals surface area contributed by atoms with Gasteiger partial charge in [-0.15, -0.1) is 0 Å². The molecule has 11 nitrogen and oxygen atoms in total. The molecule has 44 heavy (non-hydrogen) atoms. The van der Waals surface area contributed by atoms with Crippen molar-refractivity contribution in [3.8, 4) is 17.0 Å². The predicted molar refractivity (Wildman–Crippen MR) is 172 cm³/mol. The molecule has 2 aliphatic heterocycles. The molecule has 2 aromatic heterocycles. The lowest BCUT2D eigenvalue weighted by Gasteiger charge is -2.32. The van der Waals surface area contributed by atoms with Crippen LogP contribution in [0.4, 0.5) is 11.6 Å². The number of benzene rings is 2. The number of piperazine rings is 1. The van der Waals surface area contributed by atoms with Gasteiger partial charge in [0.25, 0.3) is 5.91 Å². The number of carbonyl (C=O) groups excluding carboxylic acids is 2. The lowest BCUT2D eigenvalue weighted by Crippen LogP contribution is -2.43. The van der Waals surface area contributed by atoms with Crippen LogP contribution in [0.2, 0.25) is 0 Å². The van der Waals surface area contributed by atoms with Crippen molar-refractivity contribution in [2.24, 2.45) is 13.0 Å². The summed E-state index contributed by atoms with van der Waals surface area (Å²) in [6.07, 6.45) is 4.70. The van der Waals surface area contributed by atoms with Crippen molar-refractivity contribution >= 4 is 34.5 Å². The van der Waals surface area contributed by atoms with Gasteiger partial charge in [-0.3, -0.25) is 19.8 Å². The van der Waals surface area contributed by atoms with Gasteiger partial charge in [-0.1, -0.05) is 19.6 Å². The van der Waals surface area contributed by atoms with Gasteiger partial charge in [0.15, 0.2) is 0 Å². The van der Waals surface area contributed by atoms with E-state index in [1.165, 1.54) is 11.6 Å². The number of carbonyl (C=O) groups is 2. The van der Waals surface area contributed by atoms with Crippen LogP contribution < -0.4 is 15.4 Å². The number of rotatable bonds is 4. The van der Waals surface area contributed by atoms with Crippen molar-refractivity contribution in [2.45, 2.75) is 32.9 Å². The minimum Gasteiger partial charge on any atom is -0.477 e. The molecule has 4 aromatic rings. The lowest BCUT2D eigenvalue weighted by molar-refractivity contribution is -0.111. The second-order valence-corrected chi connectivity index (χ2v) is 12.0. The first-order chi connectivity index (χ1) is 21.3. The van der Waals surface area contributed by atoms with Crippen molar-refractivity contribution in [2.75, 3.05) is 50.5 Å². The molecule has 230 valence electrons. The average molecular weight is 597 g/mol. The van der Waals surface area contributed by atoms with Crippen LogP contribution >= 0.6 is 0 Å². The summed E-state index contributed by atoms with van der Waals surface area (Å²) < 4.78 is 10.1. The van der Waals surface area contributed by atoms with E-state index in [-0.39, 0.29) is 11.8 Å². The van der Waals surface area contributed by atoms with Crippen molar-refractivity contribution in [3.05, 3.63) is 66.4 Å². The number of anilines is 2. The molecule has 0 aliphatic carbocycles. The maximum atomic E-state index is 13.9. The Bertz CT molecular complexity index is 1700. The number of aromatic nitrogens is 4. The molecule has 1 atom stereocenters. The van der Waals surface area contributed by atoms with E-state index in [2.05, 4.69) is 68.8 Å². The first-order valence-electron chi connectivity index (χ1n) is 15.2. The number of imidazole rings is 1. The highest BCUT2D eigenvalue weighted by Gasteiger charge is 2.22. The highest BCUT2D eigenvalue weighted by atomic mass is 16.5. The summed E-state index contributed by atoms with van der Waals surface area (Å²) in [6.45, 7) is 12.1. The second kappa shape index (κ2) is 12.6. The van der Waals surface area contributed by atoms with Gasteiger partial charge in [0, 0.05) is 57.6 Å². The van der Waals surface area contributed by atoms with Gasteiger partial charge in [0.2, 0.25) is 17.7 Å². The number of aryl methyl sites for hydroxylation is 1. The zero-order chi connectivity index (χ0) is 30.8. The van der Waals surface area contributed by atoms with Crippen LogP contribution in [0.3, 0.4) is 0 Å². The Morgan fingerprint density at radius 2 is 1.93 bits per heavy atom. The van der Waals surface area contributed by atoms with Gasteiger partial charge in [0.05, 0.1) is 29.4 Å². The van der Waals surface area contributed by atoms with Crippen LogP contribution in [0.15, 0.2) is 55.3 Å². The number of amides is 2. The summed E-state index contributed by atoms with van der Waals surface area (Å²) in [5.41, 5.74) is 5.35. The third-order valence-corrected chi connectivity index (χ3v) is 8.46. The molecule has 2 aromatic carbocycles. The Morgan fingerprint density at radius 3 is 2.73 bits per heavy atom. The normalized spacial score (nSPS) is 18.3. The summed E-state index contributed by atoms with van der Waals surface area (Å²) in [4.78, 5) is 35.8. The SMILES string of the molecule is C=CC(=O)Nc1cc2cc(c1)-c1cnn(C)c1OCCC[C@@H](C)Cn1c(nc3ccc(CN4CCN(C)CC4)cc31)NC2=O. The van der Waals surface area contributed by atoms with Gasteiger partial charge in [-0.25, -0.2) is 9.67 Å². The molecule has 2 aliphatic rings. The zero-order valence-electron chi connectivity index (χ0n) is 25.7. The molecule has 0 spiro atoms. The zero-order valence-corrected chi connectivity index (χ0v) is 25.7. The number of hydrogen-bond donors (Lipinski definition) is 2. The molecule has 11 heteroatoms. The summed E-state index contributed by atoms with van der Waals surface area (Å²) in [6, 6.07) is 11.6. The Labute approximate surface area is 257 Å². The van der Waals surface area contributed by atoms with Crippen LogP contribution in [0.1, 0.15) is 35.7 Å². The minimum absolute atomic E-state index is 0.311. The fourth-order valence-electron chi connectivity index (χ4n) is 5.96. The van der Waals surface area contributed by atoms with Crippen LogP contribution in [0.5, 0.6) is 5.88 Å². The first-order valence-corrected chi connectivity index (χ1v) is 15.2. The van der Waals surface area contributed by atoms with E-state index in [0.29, 0.717) is 47.7 Å². The largest absolute Gasteiger partial charge is 0.477 e. The quantitative estimate of drug-likeness (QED) is 0.337. The molecule has 1 fully saturated rings. The van der Waals surface area contributed by atoms with Crippen LogP contribution in [0.25, 0.3) is 22.2 Å². The third-order valence-electron chi connectivity index (χ3n) is 8.46. The fourth-order valence-corrected chi connectivity index (χ4v) is 5.96. The number of hydrogen-bond acceptors (Lipinski definition) is 7. The molecule has 0 saturated carbocycles. The van der Waals surface area contributed by atoms with Crippen molar-refractivity contribution in [1.82, 2.24) is 29.1 Å². The number of nitrogens with zero attached hydrogens (tertiary/aromatic N) is 6. The smallest absolute Gasteiger partial charge is 0.258 e. The van der Waals surface area contributed by atoms with Gasteiger partial charge < -0.3 is 19.5 Å². The highest BCUT2D eigenvalue weighted by Crippen LogP contribution is 2.33. The summed E-state index contributed by atoms with van der Waals surface area (Å²) in [5.74, 6) is 0.724. The second-order valence-electron chi connectivity index (χ2n) is 12.0. The molecule has 2 N–H and O–H groups in total. The molecule has 2 amide bonds. The predicted octanol–water partition coefficient (Wildman–Crippen LogP) is 4.37. The van der Waals surface area contributed by atoms with Gasteiger partial charge >= 0.3 is 0 Å². The average Bonchev–Trinajstić information content (AvgIpc) is 3.54. The van der Waals surface area contributed by atoms with E-state index in [4.69, 9.17) is 9.72 Å². The molecule has 4 heterocycles. The Kier molecular flexibility index (Phi) is 8.49. The van der Waals surface area contributed by atoms with Gasteiger partial charge in [-0.2, -0.15) is 5.10 Å². The van der Waals surface area contributed by atoms with Crippen LogP contribution in [-0.2, 0) is 24.9 Å². The molecular formula is C33H40N8O3. The van der Waals surface area contributed by atoms with Crippen LogP contribution in [-0.4, -0.2) is 80.8 Å². The van der Waals surface area contributed by atoms with Crippen LogP contribution in [0, 0.1) is 5.92 Å². The van der Waals surface area contributed by atoms with E-state index in [1.54, 1.807) is 29.1 Å². The van der Waals surface area contributed by atoms with E-state index in [9.17, 15) is 9.59 Å². The van der Waals surface area contributed by atoms with Crippen molar-refractivity contribution < 1.29 is 14.3 Å². The van der Waals surface area contributed by atoms with E-state index in [0.717, 1.165) is 62.2 Å². The molecule has 1 saturated heterocycles. The molecule has 0 unspecified atom stereocenters. The van der Waals surface area contributed by atoms with Gasteiger partial charge in [0.1, 0.15) is 0 Å². The summed E-state index contributed by atoms with van der Waals surface area (Å²) in [5, 5.41) is 10.3. The third kappa shape index (κ3) is 6.39. The van der Waals surface area contributed by atoms with E-state index in [1.807, 2.05) is 7.05 Å². The maximum Gasteiger partial charge on any atom is 0.258 e. The monoisotopic (exact) mass is 596 g/mol. The standard InChI is InChI=1S/C33H40N8O3/c1-5-30(42)35-26-17-24-16-25(18-26)31(43)37-33-36-28-9-8-23(21-40-12-10-38(3)11-13-40)15-29(28)41(33)20-22(2)7-6-14-44-32-27(24)19-34-39(32)4/h5,8-9,15-19,22H,1,6-7,10-14,20-21H2,2-4H3,(H,35,42)(H,36,37,43)/t22-/m1/s1. The lowest BCUT2D eigenvalue weighted by atomic mass is 10.0. The molecule has 6 rings (SSSR count). The highest BCUT2D eigenvalue weighted by molar-refractivity contribution is 6.07. The Morgan fingerprint density at radius 1 is 1.14 bits per heavy atom. The number of ether oxygens (including phenoxy) is 1. The Balaban J connectivity index is 1.39. The van der Waals surface area contributed by atoms with E-state index >= 15 is 0 Å². The minimum atomic E-state index is -0.370. The number of likely N-dealkylation sites (N-methyl/N-ethyl adjacent to an activating group) is 1. The molecule has 0 radical (unpaired) electrons. The first kappa shape index (κ1) is 29.6. The number of fused-ring (bicyclic) bond motifs is 7. The Hall–Kier alpha value is -4.48. The van der Waals surface area contributed by atoms with Crippen molar-refractivity contribution in [3.63, 3.8) is 0 Å². The molecular weight excluding hydrogens is 556 g/mol. The molecule has 2 bridgehead atoms. The number of nitrogens with one attached hydrogen (secondary N) is 2. The summed E-state index contributed by atoms with van der Waals surface area (Å²) in [7, 11) is 3.99. The van der Waals surface area contributed by atoms with E-state index < -0.39 is 0 Å². The van der Waals surface area contributed by atoms with Crippen molar-refractivity contribution in [1.29, 1.82) is 0 Å². The summed E-state index contributed by atoms with van der Waals surface area (Å²) >= 11 is 0. The topological polar surface area (TPSA) is 110 Å².